The Morgan fingerprint density at radius 2 is 1.10 bits per heavy atom. The first-order chi connectivity index (χ1) is 33.3. The smallest absolute Gasteiger partial charge is 0.317 e. The van der Waals surface area contributed by atoms with E-state index in [4.69, 9.17) is 9.47 Å². The van der Waals surface area contributed by atoms with Crippen LogP contribution < -0.4 is 20.1 Å². The second-order valence-corrected chi connectivity index (χ2v) is 19.0. The van der Waals surface area contributed by atoms with Crippen LogP contribution in [0.1, 0.15) is 58.9 Å². The number of carbonyl (C=O) groups is 7. The van der Waals surface area contributed by atoms with Gasteiger partial charge < -0.3 is 45.3 Å². The molecule has 2 amide bonds. The highest BCUT2D eigenvalue weighted by atomic mass is 19.2. The van der Waals surface area contributed by atoms with Crippen LogP contribution >= 0.6 is 0 Å². The molecule has 0 spiro atoms. The number of nitrogens with zero attached hydrogens (tertiary/aromatic N) is 4. The van der Waals surface area contributed by atoms with Gasteiger partial charge in [-0.1, -0.05) is 39.8 Å². The van der Waals surface area contributed by atoms with Crippen molar-refractivity contribution >= 4 is 41.7 Å². The molecule has 1 aliphatic rings. The largest absolute Gasteiger partial charge is 0.484 e. The van der Waals surface area contributed by atoms with Crippen molar-refractivity contribution < 1.29 is 85.8 Å². The Morgan fingerprint density at radius 1 is 0.634 bits per heavy atom. The van der Waals surface area contributed by atoms with E-state index in [0.29, 0.717) is 5.75 Å². The minimum atomic E-state index is -1.83. The van der Waals surface area contributed by atoms with Gasteiger partial charge in [-0.25, -0.2) is 8.78 Å². The third-order valence-corrected chi connectivity index (χ3v) is 11.2. The van der Waals surface area contributed by atoms with E-state index < -0.39 is 88.2 Å². The first kappa shape index (κ1) is 59.4. The molecule has 3 rings (SSSR count). The minimum Gasteiger partial charge on any atom is -0.484 e. The number of carboxylic acid groups (broad SMARTS) is 4. The standard InChI is InChI=1S/C47H66F4N6O14/c1-46(2,27-52-36(58)7-5-6-8-42(68)71-45-43(50)34(48)20-35(49)44(45)51)29-69-30-47(3,4)28-53-37(59)26-70-33-11-9-31(10-12-33)19-32-21-56(24-40(64)65)16-15-54(22-38(60)61)13-14-55(23-39(62)63)17-18-57(32)25-41(66)67/h9-12,20,32H,5-8,13-19,21-30H2,1-4H3,(H,52,58)(H,53,59)(H,60,61)(H,62,63)(H,64,65)(H,66,67)/t32-/m0/s1. The molecule has 1 fully saturated rings. The molecule has 1 atom stereocenters. The summed E-state index contributed by atoms with van der Waals surface area (Å²) in [6, 6.07) is 6.20. The Hall–Kier alpha value is -5.95. The summed E-state index contributed by atoms with van der Waals surface area (Å²) in [5, 5.41) is 44.2. The van der Waals surface area contributed by atoms with E-state index in [-0.39, 0.29) is 142 Å². The van der Waals surface area contributed by atoms with E-state index in [1.165, 1.54) is 0 Å². The van der Waals surface area contributed by atoms with Gasteiger partial charge in [0.25, 0.3) is 5.91 Å². The van der Waals surface area contributed by atoms with Gasteiger partial charge in [0.15, 0.2) is 18.2 Å². The summed E-state index contributed by atoms with van der Waals surface area (Å²) in [4.78, 5) is 91.0. The van der Waals surface area contributed by atoms with E-state index in [0.717, 1.165) is 5.56 Å². The van der Waals surface area contributed by atoms with Crippen LogP contribution in [0.3, 0.4) is 0 Å². The Kier molecular flexibility index (Phi) is 24.1. The third kappa shape index (κ3) is 23.2. The molecule has 396 valence electrons. The molecule has 1 aliphatic heterocycles. The van der Waals surface area contributed by atoms with Gasteiger partial charge >= 0.3 is 29.8 Å². The Bertz CT molecular complexity index is 2110. The highest BCUT2D eigenvalue weighted by Crippen LogP contribution is 2.27. The molecule has 0 radical (unpaired) electrons. The minimum absolute atomic E-state index is 0.00558. The predicted octanol–water partition coefficient (Wildman–Crippen LogP) is 2.56. The topological polar surface area (TPSA) is 265 Å². The molecule has 0 saturated carbocycles. The molecular weight excluding hydrogens is 949 g/mol. The highest BCUT2D eigenvalue weighted by Gasteiger charge is 2.29. The van der Waals surface area contributed by atoms with Gasteiger partial charge in [0.05, 0.1) is 39.4 Å². The monoisotopic (exact) mass is 1010 g/mol. The van der Waals surface area contributed by atoms with Crippen LogP contribution in [-0.2, 0) is 44.7 Å². The molecule has 24 heteroatoms. The molecule has 6 N–H and O–H groups in total. The first-order valence-electron chi connectivity index (χ1n) is 23.0. The van der Waals surface area contributed by atoms with E-state index in [9.17, 15) is 71.5 Å². The molecule has 2 aromatic carbocycles. The van der Waals surface area contributed by atoms with Crippen LogP contribution in [0.25, 0.3) is 0 Å². The zero-order valence-corrected chi connectivity index (χ0v) is 40.5. The fraction of sp³-hybridized carbons (Fsp3) is 0.596. The third-order valence-electron chi connectivity index (χ3n) is 11.2. The van der Waals surface area contributed by atoms with Crippen LogP contribution in [0.2, 0.25) is 0 Å². The van der Waals surface area contributed by atoms with E-state index >= 15 is 0 Å². The van der Waals surface area contributed by atoms with Crippen molar-refractivity contribution in [3.05, 3.63) is 59.2 Å². The van der Waals surface area contributed by atoms with Gasteiger partial charge in [0.1, 0.15) is 5.75 Å². The molecule has 0 unspecified atom stereocenters. The van der Waals surface area contributed by atoms with Crippen molar-refractivity contribution in [3.63, 3.8) is 0 Å². The molecule has 71 heavy (non-hydrogen) atoms. The average molecular weight is 1020 g/mol. The molecule has 0 bridgehead atoms. The normalized spacial score (nSPS) is 16.0. The number of nitrogens with one attached hydrogen (secondary N) is 2. The number of carbonyl (C=O) groups excluding carboxylic acids is 3. The lowest BCUT2D eigenvalue weighted by atomic mass is 9.93. The number of carboxylic acids is 4. The van der Waals surface area contributed by atoms with Crippen molar-refractivity contribution in [1.82, 2.24) is 30.2 Å². The SMILES string of the molecule is CC(C)(CNC(=O)CCCCC(=O)Oc1c(F)c(F)cc(F)c1F)COCC(C)(C)CNC(=O)COc1ccc(C[C@H]2CN(CC(=O)O)CCN(CC(=O)O)CCN(CC(=O)O)CCN2CC(=O)O)cc1. The van der Waals surface area contributed by atoms with Crippen molar-refractivity contribution in [2.75, 3.05) is 105 Å². The molecule has 20 nitrogen and oxygen atoms in total. The lowest BCUT2D eigenvalue weighted by Gasteiger charge is -2.37. The number of benzene rings is 2. The van der Waals surface area contributed by atoms with Crippen LogP contribution in [-0.4, -0.2) is 193 Å². The second-order valence-electron chi connectivity index (χ2n) is 19.0. The average Bonchev–Trinajstić information content (AvgIpc) is 3.27. The molecule has 2 aromatic rings. The maximum absolute atomic E-state index is 13.8. The second kappa shape index (κ2) is 28.8. The number of hydrogen-bond donors (Lipinski definition) is 6. The summed E-state index contributed by atoms with van der Waals surface area (Å²) >= 11 is 0. The van der Waals surface area contributed by atoms with Crippen LogP contribution in [0.5, 0.6) is 11.5 Å². The highest BCUT2D eigenvalue weighted by molar-refractivity contribution is 5.77. The number of unbranched alkanes of at least 4 members (excludes halogenated alkanes) is 1. The van der Waals surface area contributed by atoms with Gasteiger partial charge in [0, 0.05) is 94.7 Å². The van der Waals surface area contributed by atoms with E-state index in [1.807, 2.05) is 27.7 Å². The molecule has 0 aromatic heterocycles. The number of aliphatic carboxylic acids is 4. The summed E-state index contributed by atoms with van der Waals surface area (Å²) < 4.78 is 70.4. The van der Waals surface area contributed by atoms with Gasteiger partial charge in [0.2, 0.25) is 23.3 Å². The van der Waals surface area contributed by atoms with Crippen molar-refractivity contribution in [2.24, 2.45) is 10.8 Å². The predicted molar refractivity (Wildman–Crippen MR) is 246 cm³/mol. The molecule has 0 aliphatic carbocycles. The lowest BCUT2D eigenvalue weighted by molar-refractivity contribution is -0.142. The molecular formula is C47H66F4N6O14. The Balaban J connectivity index is 1.47. The van der Waals surface area contributed by atoms with Gasteiger partial charge in [-0.15, -0.1) is 0 Å². The fourth-order valence-corrected chi connectivity index (χ4v) is 7.38. The summed E-state index contributed by atoms with van der Waals surface area (Å²) in [7, 11) is 0. The van der Waals surface area contributed by atoms with Crippen LogP contribution in [0.4, 0.5) is 17.6 Å². The zero-order valence-electron chi connectivity index (χ0n) is 40.5. The maximum Gasteiger partial charge on any atom is 0.317 e. The zero-order chi connectivity index (χ0) is 52.9. The Morgan fingerprint density at radius 3 is 1.62 bits per heavy atom. The number of ether oxygens (including phenoxy) is 3. The number of rotatable bonds is 27. The summed E-state index contributed by atoms with van der Waals surface area (Å²) in [6.07, 6.45) is 0.245. The van der Waals surface area contributed by atoms with Gasteiger partial charge in [-0.2, -0.15) is 8.78 Å². The van der Waals surface area contributed by atoms with Crippen LogP contribution in [0.15, 0.2) is 30.3 Å². The number of halogens is 4. The van der Waals surface area contributed by atoms with Gasteiger partial charge in [-0.05, 0) is 37.0 Å². The Labute approximate surface area is 409 Å². The van der Waals surface area contributed by atoms with E-state index in [1.54, 1.807) is 43.9 Å². The fourth-order valence-electron chi connectivity index (χ4n) is 7.38. The summed E-state index contributed by atoms with van der Waals surface area (Å²) in [5.74, 6) is -14.5. The van der Waals surface area contributed by atoms with Crippen LogP contribution in [0, 0.1) is 34.1 Å². The van der Waals surface area contributed by atoms with E-state index in [2.05, 4.69) is 15.4 Å². The molecule has 1 heterocycles. The van der Waals surface area contributed by atoms with Crippen molar-refractivity contribution in [3.8, 4) is 11.5 Å². The maximum atomic E-state index is 13.8. The number of hydrogen-bond acceptors (Lipinski definition) is 14. The first-order valence-corrected chi connectivity index (χ1v) is 23.0. The van der Waals surface area contributed by atoms with Gasteiger partial charge in [-0.3, -0.25) is 53.2 Å². The lowest BCUT2D eigenvalue weighted by Crippen LogP contribution is -2.53. The molecule has 1 saturated heterocycles. The number of esters is 1. The quantitative estimate of drug-likeness (QED) is 0.0247. The number of amides is 2. The van der Waals surface area contributed by atoms with Crippen molar-refractivity contribution in [2.45, 2.75) is 65.8 Å². The summed E-state index contributed by atoms with van der Waals surface area (Å²) in [6.45, 7) is 7.82. The summed E-state index contributed by atoms with van der Waals surface area (Å²) in [5.41, 5.74) is -0.266. The van der Waals surface area contributed by atoms with Crippen molar-refractivity contribution in [1.29, 1.82) is 0 Å².